The number of hydrogen-bond acceptors (Lipinski definition) is 2. The quantitative estimate of drug-likeness (QED) is 0.734. The van der Waals surface area contributed by atoms with E-state index in [1.807, 2.05) is 6.07 Å². The van der Waals surface area contributed by atoms with E-state index >= 15 is 0 Å². The summed E-state index contributed by atoms with van der Waals surface area (Å²) >= 11 is 0. The Hall–Kier alpha value is -1.15. The van der Waals surface area contributed by atoms with Crippen molar-refractivity contribution in [1.82, 2.24) is 4.90 Å². The predicted molar refractivity (Wildman–Crippen MR) is 84.8 cm³/mol. The van der Waals surface area contributed by atoms with Crippen LogP contribution in [0.3, 0.4) is 0 Å². The van der Waals surface area contributed by atoms with Gasteiger partial charge in [0.2, 0.25) is 0 Å². The first-order chi connectivity index (χ1) is 10.1. The Bertz CT molecular complexity index is 593. The van der Waals surface area contributed by atoms with Crippen LogP contribution < -0.4 is 0 Å². The van der Waals surface area contributed by atoms with E-state index in [1.54, 1.807) is 6.92 Å². The van der Waals surface area contributed by atoms with Crippen molar-refractivity contribution >= 4 is 5.78 Å². The van der Waals surface area contributed by atoms with Crippen LogP contribution in [0.4, 0.5) is 0 Å². The van der Waals surface area contributed by atoms with Gasteiger partial charge in [-0.25, -0.2) is 0 Å². The lowest BCUT2D eigenvalue weighted by Crippen LogP contribution is -2.60. The van der Waals surface area contributed by atoms with Gasteiger partial charge in [-0.05, 0) is 63.2 Å². The summed E-state index contributed by atoms with van der Waals surface area (Å²) in [5, 5.41) is 0. The lowest BCUT2D eigenvalue weighted by molar-refractivity contribution is 0.00269. The van der Waals surface area contributed by atoms with E-state index in [1.165, 1.54) is 49.8 Å². The Kier molecular flexibility index (Phi) is 3.01. The number of carbonyl (C=O) groups is 1. The SMILES string of the molecule is CC(=O)c1cccc2c1C[C@@H]1[C@@H]3CCCC[C@]23CCN1C. The Balaban J connectivity index is 1.93. The summed E-state index contributed by atoms with van der Waals surface area (Å²) in [7, 11) is 2.28. The molecule has 4 rings (SSSR count). The third kappa shape index (κ3) is 1.78. The summed E-state index contributed by atoms with van der Waals surface area (Å²) in [4.78, 5) is 14.6. The predicted octanol–water partition coefficient (Wildman–Crippen LogP) is 3.58. The van der Waals surface area contributed by atoms with E-state index in [9.17, 15) is 4.79 Å². The highest BCUT2D eigenvalue weighted by Crippen LogP contribution is 2.55. The number of likely N-dealkylation sites (tertiary alicyclic amines) is 1. The van der Waals surface area contributed by atoms with Crippen LogP contribution in [0.25, 0.3) is 0 Å². The van der Waals surface area contributed by atoms with Gasteiger partial charge in [0.05, 0.1) is 0 Å². The first-order valence-corrected chi connectivity index (χ1v) is 8.47. The first kappa shape index (κ1) is 13.5. The van der Waals surface area contributed by atoms with Crippen molar-refractivity contribution in [3.8, 4) is 0 Å². The molecule has 3 atom stereocenters. The molecule has 1 aromatic carbocycles. The van der Waals surface area contributed by atoms with Gasteiger partial charge in [0.15, 0.2) is 5.78 Å². The topological polar surface area (TPSA) is 20.3 Å². The molecule has 3 aliphatic rings. The van der Waals surface area contributed by atoms with E-state index in [2.05, 4.69) is 24.1 Å². The Labute approximate surface area is 127 Å². The van der Waals surface area contributed by atoms with Crippen molar-refractivity contribution in [1.29, 1.82) is 0 Å². The highest BCUT2D eigenvalue weighted by Gasteiger charge is 2.53. The molecule has 2 heteroatoms. The average molecular weight is 283 g/mol. The highest BCUT2D eigenvalue weighted by molar-refractivity contribution is 5.96. The molecule has 0 aromatic heterocycles. The molecule has 1 aromatic rings. The Morgan fingerprint density at radius 3 is 2.95 bits per heavy atom. The number of Topliss-reactive ketones (excluding diaryl/α,β-unsaturated/α-hetero) is 1. The molecule has 0 N–H and O–H groups in total. The van der Waals surface area contributed by atoms with E-state index in [-0.39, 0.29) is 5.78 Å². The molecular formula is C19H25NO. The fraction of sp³-hybridized carbons (Fsp3) is 0.632. The molecule has 2 fully saturated rings. The maximum atomic E-state index is 12.1. The molecular weight excluding hydrogens is 258 g/mol. The van der Waals surface area contributed by atoms with Crippen LogP contribution in [0.15, 0.2) is 18.2 Å². The summed E-state index contributed by atoms with van der Waals surface area (Å²) in [5.41, 5.74) is 4.26. The van der Waals surface area contributed by atoms with Gasteiger partial charge in [-0.2, -0.15) is 0 Å². The Morgan fingerprint density at radius 2 is 2.14 bits per heavy atom. The van der Waals surface area contributed by atoms with Gasteiger partial charge >= 0.3 is 0 Å². The van der Waals surface area contributed by atoms with Crippen molar-refractivity contribution in [2.45, 2.75) is 56.9 Å². The number of hydrogen-bond donors (Lipinski definition) is 0. The van der Waals surface area contributed by atoms with Gasteiger partial charge < -0.3 is 4.90 Å². The van der Waals surface area contributed by atoms with E-state index < -0.39 is 0 Å². The van der Waals surface area contributed by atoms with Crippen molar-refractivity contribution in [2.75, 3.05) is 13.6 Å². The van der Waals surface area contributed by atoms with Gasteiger partial charge in [0.25, 0.3) is 0 Å². The number of piperidine rings is 1. The van der Waals surface area contributed by atoms with Crippen LogP contribution in [0, 0.1) is 5.92 Å². The van der Waals surface area contributed by atoms with E-state index in [0.717, 1.165) is 17.9 Å². The summed E-state index contributed by atoms with van der Waals surface area (Å²) in [6, 6.07) is 7.14. The number of fused-ring (bicyclic) bond motifs is 1. The van der Waals surface area contributed by atoms with Gasteiger partial charge in [-0.1, -0.05) is 31.0 Å². The average Bonchev–Trinajstić information content (AvgIpc) is 2.50. The van der Waals surface area contributed by atoms with Gasteiger partial charge in [0, 0.05) is 17.0 Å². The number of likely N-dealkylation sites (N-methyl/N-ethyl adjacent to an activating group) is 1. The smallest absolute Gasteiger partial charge is 0.160 e. The monoisotopic (exact) mass is 283 g/mol. The van der Waals surface area contributed by atoms with Gasteiger partial charge in [0.1, 0.15) is 0 Å². The maximum absolute atomic E-state index is 12.1. The molecule has 1 aliphatic heterocycles. The third-order valence-electron chi connectivity index (χ3n) is 6.54. The highest BCUT2D eigenvalue weighted by atomic mass is 16.1. The standard InChI is InChI=1S/C19H25NO/c1-13(21)14-6-5-8-16-15(14)12-18-17-7-3-4-9-19(16,17)10-11-20(18)2/h5-6,8,17-18H,3-4,7,9-12H2,1-2H3/t17-,18+,19-/m0/s1. The largest absolute Gasteiger partial charge is 0.303 e. The molecule has 0 radical (unpaired) electrons. The fourth-order valence-electron chi connectivity index (χ4n) is 5.57. The zero-order chi connectivity index (χ0) is 14.6. The summed E-state index contributed by atoms with van der Waals surface area (Å²) in [6.45, 7) is 2.94. The summed E-state index contributed by atoms with van der Waals surface area (Å²) in [6.07, 6.45) is 7.80. The van der Waals surface area contributed by atoms with Crippen molar-refractivity contribution in [3.05, 3.63) is 34.9 Å². The minimum atomic E-state index is 0.234. The summed E-state index contributed by atoms with van der Waals surface area (Å²) in [5.74, 6) is 1.04. The minimum Gasteiger partial charge on any atom is -0.303 e. The van der Waals surface area contributed by atoms with E-state index in [4.69, 9.17) is 0 Å². The first-order valence-electron chi connectivity index (χ1n) is 8.47. The molecule has 112 valence electrons. The molecule has 1 heterocycles. The maximum Gasteiger partial charge on any atom is 0.160 e. The van der Waals surface area contributed by atoms with Crippen molar-refractivity contribution < 1.29 is 4.79 Å². The molecule has 0 spiro atoms. The molecule has 2 bridgehead atoms. The zero-order valence-corrected chi connectivity index (χ0v) is 13.2. The number of nitrogens with zero attached hydrogens (tertiary/aromatic N) is 1. The molecule has 0 unspecified atom stereocenters. The molecule has 2 nitrogen and oxygen atoms in total. The van der Waals surface area contributed by atoms with Crippen LogP contribution in [-0.2, 0) is 11.8 Å². The number of carbonyl (C=O) groups excluding carboxylic acids is 1. The van der Waals surface area contributed by atoms with Crippen LogP contribution in [-0.4, -0.2) is 30.3 Å². The molecule has 21 heavy (non-hydrogen) atoms. The molecule has 1 saturated carbocycles. The second-order valence-electron chi connectivity index (χ2n) is 7.40. The molecule has 0 amide bonds. The minimum absolute atomic E-state index is 0.234. The lowest BCUT2D eigenvalue weighted by atomic mass is 9.52. The Morgan fingerprint density at radius 1 is 1.29 bits per heavy atom. The van der Waals surface area contributed by atoms with Crippen LogP contribution in [0.1, 0.15) is 60.5 Å². The van der Waals surface area contributed by atoms with Crippen molar-refractivity contribution in [2.24, 2.45) is 5.92 Å². The summed E-state index contributed by atoms with van der Waals surface area (Å²) < 4.78 is 0. The molecule has 2 aliphatic carbocycles. The molecule has 1 saturated heterocycles. The van der Waals surface area contributed by atoms with Crippen LogP contribution in [0.2, 0.25) is 0 Å². The normalized spacial score (nSPS) is 35.0. The number of benzene rings is 1. The lowest BCUT2D eigenvalue weighted by Gasteiger charge is -2.58. The van der Waals surface area contributed by atoms with Crippen LogP contribution in [0.5, 0.6) is 0 Å². The van der Waals surface area contributed by atoms with Crippen LogP contribution >= 0.6 is 0 Å². The van der Waals surface area contributed by atoms with E-state index in [0.29, 0.717) is 11.5 Å². The number of rotatable bonds is 1. The van der Waals surface area contributed by atoms with Gasteiger partial charge in [-0.3, -0.25) is 4.79 Å². The third-order valence-corrected chi connectivity index (χ3v) is 6.54. The van der Waals surface area contributed by atoms with Crippen molar-refractivity contribution in [3.63, 3.8) is 0 Å². The fourth-order valence-corrected chi connectivity index (χ4v) is 5.57. The second kappa shape index (κ2) is 4.67. The second-order valence-corrected chi connectivity index (χ2v) is 7.40. The zero-order valence-electron chi connectivity index (χ0n) is 13.2. The number of ketones is 1. The van der Waals surface area contributed by atoms with Gasteiger partial charge in [-0.15, -0.1) is 0 Å².